The maximum Gasteiger partial charge on any atom is 0.271 e. The van der Waals surface area contributed by atoms with E-state index < -0.39 is 6.04 Å². The summed E-state index contributed by atoms with van der Waals surface area (Å²) in [6.07, 6.45) is 1.75. The number of carbonyl (C=O) groups is 1. The Morgan fingerprint density at radius 1 is 1.13 bits per heavy atom. The van der Waals surface area contributed by atoms with Gasteiger partial charge in [0.15, 0.2) is 22.9 Å². The number of ether oxygens (including phenoxy) is 3. The van der Waals surface area contributed by atoms with Crippen molar-refractivity contribution in [3.63, 3.8) is 0 Å². The molecular formula is C29H30N4O5S. The largest absolute Gasteiger partial charge is 0.496 e. The van der Waals surface area contributed by atoms with E-state index in [0.29, 0.717) is 62.1 Å². The Kier molecular flexibility index (Phi) is 8.52. The van der Waals surface area contributed by atoms with Gasteiger partial charge >= 0.3 is 0 Å². The zero-order chi connectivity index (χ0) is 28.1. The Balaban J connectivity index is 1.92. The highest BCUT2D eigenvalue weighted by molar-refractivity contribution is 7.07. The van der Waals surface area contributed by atoms with Crippen molar-refractivity contribution >= 4 is 23.3 Å². The number of para-hydroxylation sites is 1. The van der Waals surface area contributed by atoms with Gasteiger partial charge in [-0.2, -0.15) is 5.26 Å². The van der Waals surface area contributed by atoms with E-state index in [0.717, 1.165) is 0 Å². The van der Waals surface area contributed by atoms with Gasteiger partial charge in [-0.1, -0.05) is 35.6 Å². The summed E-state index contributed by atoms with van der Waals surface area (Å²) in [4.78, 5) is 34.6. The van der Waals surface area contributed by atoms with E-state index in [1.165, 1.54) is 18.4 Å². The number of likely N-dealkylation sites (N-methyl/N-ethyl adjacent to an activating group) is 1. The van der Waals surface area contributed by atoms with Crippen LogP contribution in [0, 0.1) is 11.3 Å². The van der Waals surface area contributed by atoms with Gasteiger partial charge in [0.05, 0.1) is 30.0 Å². The monoisotopic (exact) mass is 546 g/mol. The van der Waals surface area contributed by atoms with E-state index in [-0.39, 0.29) is 18.1 Å². The Morgan fingerprint density at radius 3 is 2.51 bits per heavy atom. The Hall–Kier alpha value is -4.36. The number of methoxy groups -OCH3 is 2. The van der Waals surface area contributed by atoms with Crippen molar-refractivity contribution in [3.05, 3.63) is 84.5 Å². The van der Waals surface area contributed by atoms with E-state index in [4.69, 9.17) is 24.5 Å². The van der Waals surface area contributed by atoms with Crippen molar-refractivity contribution in [2.45, 2.75) is 26.8 Å². The SMILES string of the molecule is CCN(CC)C(=O)C1=C(C)N=c2s/c(=C/c3ccc(OCC#N)c(OC)c3)c(=O)n2[C@H]1c1ccccc1OC. The van der Waals surface area contributed by atoms with Crippen LogP contribution in [-0.2, 0) is 4.79 Å². The van der Waals surface area contributed by atoms with Gasteiger partial charge in [-0.15, -0.1) is 0 Å². The molecule has 0 unspecified atom stereocenters. The second-order valence-corrected chi connectivity index (χ2v) is 9.67. The van der Waals surface area contributed by atoms with Crippen molar-refractivity contribution < 1.29 is 19.0 Å². The molecule has 1 aliphatic heterocycles. The van der Waals surface area contributed by atoms with Crippen LogP contribution in [0.4, 0.5) is 0 Å². The summed E-state index contributed by atoms with van der Waals surface area (Å²) in [6, 6.07) is 13.9. The van der Waals surface area contributed by atoms with E-state index in [1.807, 2.05) is 44.2 Å². The first kappa shape index (κ1) is 27.7. The highest BCUT2D eigenvalue weighted by Crippen LogP contribution is 2.36. The van der Waals surface area contributed by atoms with Crippen molar-refractivity contribution in [1.29, 1.82) is 5.26 Å². The average molecular weight is 547 g/mol. The highest BCUT2D eigenvalue weighted by atomic mass is 32.1. The summed E-state index contributed by atoms with van der Waals surface area (Å²) < 4.78 is 18.5. The van der Waals surface area contributed by atoms with Crippen LogP contribution in [-0.4, -0.2) is 49.3 Å². The average Bonchev–Trinajstić information content (AvgIpc) is 3.25. The van der Waals surface area contributed by atoms with Gasteiger partial charge in [0.2, 0.25) is 0 Å². The van der Waals surface area contributed by atoms with Crippen molar-refractivity contribution in [2.75, 3.05) is 33.9 Å². The number of thiazole rings is 1. The molecule has 0 N–H and O–H groups in total. The van der Waals surface area contributed by atoms with Gasteiger partial charge in [-0.05, 0) is 50.6 Å². The molecule has 1 aromatic heterocycles. The zero-order valence-electron chi connectivity index (χ0n) is 22.6. The molecule has 0 spiro atoms. The molecule has 1 atom stereocenters. The molecule has 3 aromatic rings. The predicted octanol–water partition coefficient (Wildman–Crippen LogP) is 3.02. The first-order valence-electron chi connectivity index (χ1n) is 12.5. The third-order valence-corrected chi connectivity index (χ3v) is 7.50. The molecule has 0 saturated heterocycles. The molecule has 0 bridgehead atoms. The van der Waals surface area contributed by atoms with Gasteiger partial charge < -0.3 is 19.1 Å². The topological polar surface area (TPSA) is 106 Å². The minimum absolute atomic E-state index is 0.106. The van der Waals surface area contributed by atoms with E-state index in [2.05, 4.69) is 0 Å². The fourth-order valence-electron chi connectivity index (χ4n) is 4.62. The van der Waals surface area contributed by atoms with Crippen LogP contribution in [0.25, 0.3) is 6.08 Å². The number of fused-ring (bicyclic) bond motifs is 1. The number of amides is 1. The summed E-state index contributed by atoms with van der Waals surface area (Å²) in [5.74, 6) is 1.30. The number of carbonyl (C=O) groups excluding carboxylic acids is 1. The third-order valence-electron chi connectivity index (χ3n) is 6.51. The standard InChI is InChI=1S/C29H30N4O5S/c1-6-32(7-2)28(35)25-18(3)31-29-33(26(25)20-10-8-9-11-21(20)36-4)27(34)24(39-29)17-19-12-13-22(38-15-14-30)23(16-19)37-5/h8-13,16-17,26H,6-7,15H2,1-5H3/b24-17+/t26-/m0/s1. The molecule has 0 aliphatic carbocycles. The van der Waals surface area contributed by atoms with Crippen molar-refractivity contribution in [3.8, 4) is 23.3 Å². The Labute approximate surface area is 230 Å². The second kappa shape index (κ2) is 12.0. The summed E-state index contributed by atoms with van der Waals surface area (Å²) in [7, 11) is 3.08. The minimum atomic E-state index is -0.705. The van der Waals surface area contributed by atoms with Crippen molar-refractivity contribution in [2.24, 2.45) is 4.99 Å². The fourth-order valence-corrected chi connectivity index (χ4v) is 5.66. The molecular weight excluding hydrogens is 516 g/mol. The first-order chi connectivity index (χ1) is 18.9. The smallest absolute Gasteiger partial charge is 0.271 e. The maximum absolute atomic E-state index is 13.9. The van der Waals surface area contributed by atoms with Crippen LogP contribution < -0.4 is 29.1 Å². The minimum Gasteiger partial charge on any atom is -0.496 e. The fraction of sp³-hybridized carbons (Fsp3) is 0.310. The number of allylic oxidation sites excluding steroid dienone is 1. The van der Waals surface area contributed by atoms with Gasteiger partial charge in [-0.3, -0.25) is 14.2 Å². The summed E-state index contributed by atoms with van der Waals surface area (Å²) in [6.45, 7) is 6.62. The van der Waals surface area contributed by atoms with Gasteiger partial charge in [0, 0.05) is 18.7 Å². The molecule has 0 radical (unpaired) electrons. The highest BCUT2D eigenvalue weighted by Gasteiger charge is 2.35. The maximum atomic E-state index is 13.9. The molecule has 0 fully saturated rings. The zero-order valence-corrected chi connectivity index (χ0v) is 23.4. The quantitative estimate of drug-likeness (QED) is 0.409. The lowest BCUT2D eigenvalue weighted by molar-refractivity contribution is -0.127. The van der Waals surface area contributed by atoms with Crippen LogP contribution in [0.15, 0.2) is 63.5 Å². The van der Waals surface area contributed by atoms with Crippen LogP contribution in [0.5, 0.6) is 17.2 Å². The molecule has 1 aliphatic rings. The molecule has 10 heteroatoms. The van der Waals surface area contributed by atoms with Gasteiger partial charge in [0.25, 0.3) is 11.5 Å². The van der Waals surface area contributed by atoms with Crippen LogP contribution in [0.2, 0.25) is 0 Å². The Bertz CT molecular complexity index is 1640. The third kappa shape index (κ3) is 5.31. The Morgan fingerprint density at radius 2 is 1.85 bits per heavy atom. The number of rotatable bonds is 9. The van der Waals surface area contributed by atoms with Crippen molar-refractivity contribution in [1.82, 2.24) is 9.47 Å². The van der Waals surface area contributed by atoms with Gasteiger partial charge in [0.1, 0.15) is 17.9 Å². The van der Waals surface area contributed by atoms with E-state index in [9.17, 15) is 9.59 Å². The summed E-state index contributed by atoms with van der Waals surface area (Å²) in [5.41, 5.74) is 2.17. The summed E-state index contributed by atoms with van der Waals surface area (Å²) >= 11 is 1.25. The molecule has 2 aromatic carbocycles. The lowest BCUT2D eigenvalue weighted by Crippen LogP contribution is -2.43. The molecule has 9 nitrogen and oxygen atoms in total. The molecule has 202 valence electrons. The first-order valence-corrected chi connectivity index (χ1v) is 13.3. The molecule has 0 saturated carbocycles. The molecule has 4 rings (SSSR count). The lowest BCUT2D eigenvalue weighted by Gasteiger charge is -2.29. The lowest BCUT2D eigenvalue weighted by atomic mass is 9.94. The number of nitrogens with zero attached hydrogens (tertiary/aromatic N) is 4. The number of hydrogen-bond donors (Lipinski definition) is 0. The number of aromatic nitrogens is 1. The second-order valence-electron chi connectivity index (χ2n) is 8.66. The van der Waals surface area contributed by atoms with E-state index in [1.54, 1.807) is 47.8 Å². The molecule has 2 heterocycles. The molecule has 39 heavy (non-hydrogen) atoms. The predicted molar refractivity (Wildman–Crippen MR) is 149 cm³/mol. The number of hydrogen-bond acceptors (Lipinski definition) is 8. The number of benzene rings is 2. The summed E-state index contributed by atoms with van der Waals surface area (Å²) in [5, 5.41) is 8.82. The molecule has 1 amide bonds. The van der Waals surface area contributed by atoms with Crippen LogP contribution >= 0.6 is 11.3 Å². The van der Waals surface area contributed by atoms with Crippen LogP contribution in [0.3, 0.4) is 0 Å². The van der Waals surface area contributed by atoms with Gasteiger partial charge in [-0.25, -0.2) is 4.99 Å². The number of nitriles is 1. The van der Waals surface area contributed by atoms with Crippen LogP contribution in [0.1, 0.15) is 37.9 Å². The van der Waals surface area contributed by atoms with E-state index >= 15 is 0 Å². The normalized spacial score (nSPS) is 14.8.